The number of nitrogens with zero attached hydrogens (tertiary/aromatic N) is 1. The summed E-state index contributed by atoms with van der Waals surface area (Å²) in [4.78, 5) is 27.9. The molecule has 1 heterocycles. The van der Waals surface area contributed by atoms with Crippen LogP contribution >= 0.6 is 0 Å². The van der Waals surface area contributed by atoms with Crippen LogP contribution in [0, 0.1) is 12.8 Å². The fraction of sp³-hybridized carbons (Fsp3) is 0.448. The Labute approximate surface area is 208 Å². The van der Waals surface area contributed by atoms with Crippen LogP contribution in [0.5, 0.6) is 11.5 Å². The molecule has 1 N–H and O–H groups in total. The molecule has 0 aliphatic carbocycles. The van der Waals surface area contributed by atoms with Crippen molar-refractivity contribution in [3.05, 3.63) is 64.2 Å². The number of rotatable bonds is 9. The smallest absolute Gasteiger partial charge is 0.295 e. The summed E-state index contributed by atoms with van der Waals surface area (Å²) in [6, 6.07) is 10.5. The van der Waals surface area contributed by atoms with Crippen LogP contribution in [0.4, 0.5) is 0 Å². The summed E-state index contributed by atoms with van der Waals surface area (Å²) in [5, 5.41) is 11.5. The van der Waals surface area contributed by atoms with Crippen molar-refractivity contribution in [1.82, 2.24) is 4.90 Å². The van der Waals surface area contributed by atoms with Gasteiger partial charge >= 0.3 is 0 Å². The van der Waals surface area contributed by atoms with Gasteiger partial charge in [0.25, 0.3) is 11.7 Å². The summed E-state index contributed by atoms with van der Waals surface area (Å²) >= 11 is 0. The van der Waals surface area contributed by atoms with Gasteiger partial charge in [-0.05, 0) is 66.1 Å². The molecule has 6 heteroatoms. The minimum absolute atomic E-state index is 0.104. The number of hydrogen-bond acceptors (Lipinski definition) is 5. The topological polar surface area (TPSA) is 76.1 Å². The zero-order valence-corrected chi connectivity index (χ0v) is 21.8. The molecule has 0 aromatic heterocycles. The van der Waals surface area contributed by atoms with Gasteiger partial charge < -0.3 is 19.5 Å². The van der Waals surface area contributed by atoms with Crippen molar-refractivity contribution in [2.24, 2.45) is 5.92 Å². The number of carbonyl (C=O) groups excluding carboxylic acids is 2. The summed E-state index contributed by atoms with van der Waals surface area (Å²) in [6.45, 7) is 13.0. The average molecular weight is 480 g/mol. The van der Waals surface area contributed by atoms with Crippen molar-refractivity contribution in [1.29, 1.82) is 0 Å². The highest BCUT2D eigenvalue weighted by Gasteiger charge is 2.46. The van der Waals surface area contributed by atoms with E-state index < -0.39 is 17.7 Å². The molecule has 1 aliphatic rings. The number of aryl methyl sites for hydroxylation is 1. The third-order valence-corrected chi connectivity index (χ3v) is 6.22. The zero-order chi connectivity index (χ0) is 25.9. The largest absolute Gasteiger partial charge is 0.507 e. The molecule has 1 saturated heterocycles. The Kier molecular flexibility index (Phi) is 8.26. The van der Waals surface area contributed by atoms with E-state index in [0.29, 0.717) is 36.8 Å². The first kappa shape index (κ1) is 26.3. The minimum Gasteiger partial charge on any atom is -0.507 e. The van der Waals surface area contributed by atoms with E-state index in [1.54, 1.807) is 12.0 Å². The van der Waals surface area contributed by atoms with E-state index in [-0.39, 0.29) is 17.3 Å². The lowest BCUT2D eigenvalue weighted by Crippen LogP contribution is -2.30. The van der Waals surface area contributed by atoms with E-state index in [2.05, 4.69) is 13.8 Å². The molecule has 0 bridgehead atoms. The van der Waals surface area contributed by atoms with Gasteiger partial charge in [0, 0.05) is 12.1 Å². The maximum Gasteiger partial charge on any atom is 0.295 e. The van der Waals surface area contributed by atoms with Crippen LogP contribution in [-0.4, -0.2) is 42.0 Å². The Bertz CT molecular complexity index is 1130. The van der Waals surface area contributed by atoms with Crippen LogP contribution < -0.4 is 9.47 Å². The fourth-order valence-electron chi connectivity index (χ4n) is 4.46. The molecule has 6 nitrogen and oxygen atoms in total. The Hall–Kier alpha value is -3.28. The molecule has 1 atom stereocenters. The van der Waals surface area contributed by atoms with Crippen molar-refractivity contribution >= 4 is 17.4 Å². The molecule has 2 aromatic rings. The van der Waals surface area contributed by atoms with Crippen LogP contribution in [0.1, 0.15) is 75.3 Å². The number of ketones is 1. The fourth-order valence-corrected chi connectivity index (χ4v) is 4.46. The van der Waals surface area contributed by atoms with Gasteiger partial charge in [0.15, 0.2) is 0 Å². The summed E-state index contributed by atoms with van der Waals surface area (Å²) in [7, 11) is 1.62. The van der Waals surface area contributed by atoms with E-state index in [0.717, 1.165) is 22.4 Å². The molecule has 188 valence electrons. The predicted octanol–water partition coefficient (Wildman–Crippen LogP) is 5.99. The molecular weight excluding hydrogens is 442 g/mol. The number of amides is 1. The van der Waals surface area contributed by atoms with Crippen LogP contribution in [0.2, 0.25) is 0 Å². The van der Waals surface area contributed by atoms with Gasteiger partial charge in [-0.2, -0.15) is 0 Å². The lowest BCUT2D eigenvalue weighted by atomic mass is 9.91. The average Bonchev–Trinajstić information content (AvgIpc) is 3.07. The molecule has 1 aliphatic heterocycles. The molecule has 2 aromatic carbocycles. The number of Topliss-reactive ketones (excluding diaryl/α,β-unsaturated/α-hetero) is 1. The number of ether oxygens (including phenoxy) is 2. The molecule has 1 unspecified atom stereocenters. The van der Waals surface area contributed by atoms with Gasteiger partial charge in [0.2, 0.25) is 0 Å². The van der Waals surface area contributed by atoms with Crippen molar-refractivity contribution in [2.45, 2.75) is 59.9 Å². The quantitative estimate of drug-likeness (QED) is 0.271. The number of methoxy groups -OCH3 is 1. The second-order valence-electron chi connectivity index (χ2n) is 9.83. The van der Waals surface area contributed by atoms with Crippen molar-refractivity contribution in [3.63, 3.8) is 0 Å². The molecule has 0 spiro atoms. The van der Waals surface area contributed by atoms with E-state index >= 15 is 0 Å². The van der Waals surface area contributed by atoms with Crippen LogP contribution in [0.3, 0.4) is 0 Å². The number of benzene rings is 2. The summed E-state index contributed by atoms with van der Waals surface area (Å²) in [6.07, 6.45) is 0.687. The van der Waals surface area contributed by atoms with Crippen molar-refractivity contribution in [2.75, 3.05) is 20.3 Å². The van der Waals surface area contributed by atoms with Gasteiger partial charge in [-0.1, -0.05) is 46.8 Å². The summed E-state index contributed by atoms with van der Waals surface area (Å²) < 4.78 is 11.4. The zero-order valence-electron chi connectivity index (χ0n) is 21.8. The predicted molar refractivity (Wildman–Crippen MR) is 138 cm³/mol. The third-order valence-electron chi connectivity index (χ3n) is 6.22. The number of aliphatic hydroxyl groups is 1. The third kappa shape index (κ3) is 5.37. The lowest BCUT2D eigenvalue weighted by molar-refractivity contribution is -0.139. The van der Waals surface area contributed by atoms with Gasteiger partial charge in [-0.25, -0.2) is 0 Å². The molecule has 3 rings (SSSR count). The van der Waals surface area contributed by atoms with Gasteiger partial charge in [0.1, 0.15) is 17.3 Å². The maximum atomic E-state index is 13.3. The van der Waals surface area contributed by atoms with Gasteiger partial charge in [0.05, 0.1) is 25.3 Å². The van der Waals surface area contributed by atoms with Gasteiger partial charge in [-0.3, -0.25) is 9.59 Å². The first-order chi connectivity index (χ1) is 16.6. The highest BCUT2D eigenvalue weighted by molar-refractivity contribution is 6.46. The Morgan fingerprint density at radius 3 is 2.43 bits per heavy atom. The standard InChI is InChI=1S/C29H37NO5/c1-8-12-30-26(20-10-9-11-21(14-20)35-16-17(2)3)25(28(32)29(30)33)27(31)23-15-22(18(4)5)24(34-7)13-19(23)6/h9-11,13-15,17-18,26,31H,8,12,16H2,1-7H3/b27-25+. The summed E-state index contributed by atoms with van der Waals surface area (Å²) in [5.41, 5.74) is 3.05. The molecule has 0 radical (unpaired) electrons. The Balaban J connectivity index is 2.20. The van der Waals surface area contributed by atoms with Crippen molar-refractivity contribution in [3.8, 4) is 11.5 Å². The monoisotopic (exact) mass is 479 g/mol. The Morgan fingerprint density at radius 1 is 1.11 bits per heavy atom. The molecule has 0 saturated carbocycles. The maximum absolute atomic E-state index is 13.3. The Morgan fingerprint density at radius 2 is 1.83 bits per heavy atom. The highest BCUT2D eigenvalue weighted by Crippen LogP contribution is 2.42. The number of likely N-dealkylation sites (tertiary alicyclic amines) is 1. The van der Waals surface area contributed by atoms with Crippen molar-refractivity contribution < 1.29 is 24.2 Å². The number of carbonyl (C=O) groups is 2. The van der Waals surface area contributed by atoms with Crippen LogP contribution in [0.15, 0.2) is 42.0 Å². The van der Waals surface area contributed by atoms with Crippen LogP contribution in [0.25, 0.3) is 5.76 Å². The van der Waals surface area contributed by atoms with E-state index in [9.17, 15) is 14.7 Å². The minimum atomic E-state index is -0.693. The van der Waals surface area contributed by atoms with Crippen LogP contribution in [-0.2, 0) is 9.59 Å². The van der Waals surface area contributed by atoms with E-state index in [4.69, 9.17) is 9.47 Å². The number of aliphatic hydroxyl groups excluding tert-OH is 1. The second-order valence-corrected chi connectivity index (χ2v) is 9.83. The molecular formula is C29H37NO5. The number of hydrogen-bond donors (Lipinski definition) is 1. The van der Waals surface area contributed by atoms with Gasteiger partial charge in [-0.15, -0.1) is 0 Å². The molecule has 1 amide bonds. The first-order valence-electron chi connectivity index (χ1n) is 12.3. The summed E-state index contributed by atoms with van der Waals surface area (Å²) in [5.74, 6) is 0.469. The SMILES string of the molecule is CCCN1C(=O)C(=O)/C(=C(/O)c2cc(C(C)C)c(OC)cc2C)C1c1cccc(OCC(C)C)c1. The molecule has 35 heavy (non-hydrogen) atoms. The molecule has 1 fully saturated rings. The van der Waals surface area contributed by atoms with E-state index in [1.807, 2.05) is 64.1 Å². The normalized spacial score (nSPS) is 17.5. The second kappa shape index (κ2) is 11.0. The van der Waals surface area contributed by atoms with E-state index in [1.165, 1.54) is 0 Å². The highest BCUT2D eigenvalue weighted by atomic mass is 16.5. The first-order valence-corrected chi connectivity index (χ1v) is 12.3. The lowest BCUT2D eigenvalue weighted by Gasteiger charge is -2.25.